The molecule has 0 atom stereocenters. The van der Waals surface area contributed by atoms with Crippen LogP contribution in [0.1, 0.15) is 18.1 Å². The molecule has 1 aliphatic heterocycles. The molecule has 0 bridgehead atoms. The van der Waals surface area contributed by atoms with Gasteiger partial charge in [0.15, 0.2) is 0 Å². The van der Waals surface area contributed by atoms with Gasteiger partial charge in [-0.2, -0.15) is 0 Å². The Labute approximate surface area is 166 Å². The van der Waals surface area contributed by atoms with Crippen LogP contribution in [-0.4, -0.2) is 41.9 Å². The van der Waals surface area contributed by atoms with Gasteiger partial charge in [0.1, 0.15) is 0 Å². The number of carbonyl (C=O) groups excluding carboxylic acids is 1. The number of piperazine rings is 1. The Morgan fingerprint density at radius 1 is 0.857 bits per heavy atom. The molecule has 0 unspecified atom stereocenters. The molecule has 0 radical (unpaired) electrons. The van der Waals surface area contributed by atoms with Crippen molar-refractivity contribution in [2.45, 2.75) is 13.5 Å². The number of carbonyl (C=O) groups is 1. The number of rotatable bonds is 4. The summed E-state index contributed by atoms with van der Waals surface area (Å²) in [5, 5.41) is 2.61. The number of hydrogen-bond donors (Lipinski definition) is 0. The maximum Gasteiger partial charge on any atom is 0.249 e. The molecule has 1 aliphatic rings. The number of hydrogen-bond acceptors (Lipinski definition) is 2. The quantitative estimate of drug-likeness (QED) is 0.627. The first-order valence-electron chi connectivity index (χ1n) is 9.92. The lowest BCUT2D eigenvalue weighted by atomic mass is 10.0. The van der Waals surface area contributed by atoms with Gasteiger partial charge in [-0.1, -0.05) is 72.8 Å². The standard InChI is InChI=1S/C25H26N2O/c1-20(18-21-8-3-2-4-9-21)25(28)27-16-14-26(15-17-27)19-23-12-7-11-22-10-5-6-13-24(22)23/h2-13,18H,14-17,19H2,1H3/b20-18+. The lowest BCUT2D eigenvalue weighted by Gasteiger charge is -2.35. The average molecular weight is 370 g/mol. The normalized spacial score (nSPS) is 15.8. The first-order chi connectivity index (χ1) is 13.7. The lowest BCUT2D eigenvalue weighted by molar-refractivity contribution is -0.128. The van der Waals surface area contributed by atoms with E-state index in [1.807, 2.05) is 48.2 Å². The average Bonchev–Trinajstić information content (AvgIpc) is 2.75. The molecular weight excluding hydrogens is 344 g/mol. The summed E-state index contributed by atoms with van der Waals surface area (Å²) in [6.07, 6.45) is 1.98. The minimum atomic E-state index is 0.147. The summed E-state index contributed by atoms with van der Waals surface area (Å²) in [6, 6.07) is 25.1. The smallest absolute Gasteiger partial charge is 0.249 e. The van der Waals surface area contributed by atoms with E-state index in [0.717, 1.165) is 43.9 Å². The molecule has 28 heavy (non-hydrogen) atoms. The first-order valence-corrected chi connectivity index (χ1v) is 9.92. The van der Waals surface area contributed by atoms with Gasteiger partial charge >= 0.3 is 0 Å². The summed E-state index contributed by atoms with van der Waals surface area (Å²) < 4.78 is 0. The van der Waals surface area contributed by atoms with Crippen LogP contribution in [-0.2, 0) is 11.3 Å². The molecule has 0 saturated carbocycles. The zero-order valence-corrected chi connectivity index (χ0v) is 16.3. The number of amides is 1. The van der Waals surface area contributed by atoms with Crippen LogP contribution in [0, 0.1) is 0 Å². The van der Waals surface area contributed by atoms with E-state index in [0.29, 0.717) is 0 Å². The van der Waals surface area contributed by atoms with Crippen molar-refractivity contribution in [1.82, 2.24) is 9.80 Å². The van der Waals surface area contributed by atoms with Crippen LogP contribution in [0.2, 0.25) is 0 Å². The number of nitrogens with zero attached hydrogens (tertiary/aromatic N) is 2. The summed E-state index contributed by atoms with van der Waals surface area (Å²) in [5.41, 5.74) is 3.23. The van der Waals surface area contributed by atoms with Crippen LogP contribution in [0.15, 0.2) is 78.4 Å². The highest BCUT2D eigenvalue weighted by Crippen LogP contribution is 2.21. The molecular formula is C25H26N2O. The molecule has 4 rings (SSSR count). The van der Waals surface area contributed by atoms with Gasteiger partial charge in [-0.25, -0.2) is 0 Å². The third kappa shape index (κ3) is 4.15. The molecule has 0 aliphatic carbocycles. The predicted molar refractivity (Wildman–Crippen MR) is 116 cm³/mol. The van der Waals surface area contributed by atoms with Crippen LogP contribution >= 0.6 is 0 Å². The van der Waals surface area contributed by atoms with Crippen molar-refractivity contribution in [1.29, 1.82) is 0 Å². The van der Waals surface area contributed by atoms with Crippen molar-refractivity contribution in [3.05, 3.63) is 89.5 Å². The van der Waals surface area contributed by atoms with Gasteiger partial charge in [0.05, 0.1) is 0 Å². The Morgan fingerprint density at radius 2 is 1.54 bits per heavy atom. The molecule has 3 heteroatoms. The van der Waals surface area contributed by atoms with E-state index in [-0.39, 0.29) is 5.91 Å². The molecule has 1 fully saturated rings. The largest absolute Gasteiger partial charge is 0.336 e. The third-order valence-electron chi connectivity index (χ3n) is 5.45. The van der Waals surface area contributed by atoms with E-state index in [1.54, 1.807) is 0 Å². The molecule has 0 aromatic heterocycles. The third-order valence-corrected chi connectivity index (χ3v) is 5.45. The molecule has 3 nitrogen and oxygen atoms in total. The van der Waals surface area contributed by atoms with E-state index in [9.17, 15) is 4.79 Å². The van der Waals surface area contributed by atoms with Crippen molar-refractivity contribution >= 4 is 22.8 Å². The Balaban J connectivity index is 1.38. The van der Waals surface area contributed by atoms with Crippen LogP contribution in [0.3, 0.4) is 0 Å². The SMILES string of the molecule is C/C(=C\c1ccccc1)C(=O)N1CCN(Cc2cccc3ccccc23)CC1. The molecule has 1 amide bonds. The van der Waals surface area contributed by atoms with Gasteiger partial charge in [-0.05, 0) is 34.9 Å². The molecule has 1 heterocycles. The first kappa shape index (κ1) is 18.5. The van der Waals surface area contributed by atoms with Crippen molar-refractivity contribution in [3.8, 4) is 0 Å². The second kappa shape index (κ2) is 8.41. The monoisotopic (exact) mass is 370 g/mol. The Bertz CT molecular complexity index is 980. The maximum absolute atomic E-state index is 12.8. The van der Waals surface area contributed by atoms with Gasteiger partial charge in [-0.3, -0.25) is 9.69 Å². The highest BCUT2D eigenvalue weighted by Gasteiger charge is 2.22. The summed E-state index contributed by atoms with van der Waals surface area (Å²) >= 11 is 0. The molecule has 3 aromatic carbocycles. The van der Waals surface area contributed by atoms with Gasteiger partial charge in [0, 0.05) is 38.3 Å². The molecule has 0 spiro atoms. The van der Waals surface area contributed by atoms with Crippen LogP contribution in [0.4, 0.5) is 0 Å². The number of benzene rings is 3. The van der Waals surface area contributed by atoms with Crippen molar-refractivity contribution < 1.29 is 4.79 Å². The van der Waals surface area contributed by atoms with Crippen LogP contribution < -0.4 is 0 Å². The minimum absolute atomic E-state index is 0.147. The van der Waals surface area contributed by atoms with Crippen LogP contribution in [0.5, 0.6) is 0 Å². The van der Waals surface area contributed by atoms with Gasteiger partial charge in [0.2, 0.25) is 5.91 Å². The fourth-order valence-electron chi connectivity index (χ4n) is 3.89. The fraction of sp³-hybridized carbons (Fsp3) is 0.240. The molecule has 142 valence electrons. The van der Waals surface area contributed by atoms with Crippen molar-refractivity contribution in [2.75, 3.05) is 26.2 Å². The zero-order valence-electron chi connectivity index (χ0n) is 16.3. The Kier molecular flexibility index (Phi) is 5.54. The molecule has 3 aromatic rings. The predicted octanol–water partition coefficient (Wildman–Crippen LogP) is 4.59. The van der Waals surface area contributed by atoms with Crippen molar-refractivity contribution in [3.63, 3.8) is 0 Å². The zero-order chi connectivity index (χ0) is 19.3. The second-order valence-corrected chi connectivity index (χ2v) is 7.44. The number of fused-ring (bicyclic) bond motifs is 1. The maximum atomic E-state index is 12.8. The summed E-state index contributed by atoms with van der Waals surface area (Å²) in [7, 11) is 0. The van der Waals surface area contributed by atoms with E-state index in [1.165, 1.54) is 16.3 Å². The van der Waals surface area contributed by atoms with E-state index in [2.05, 4.69) is 47.4 Å². The molecule has 1 saturated heterocycles. The van der Waals surface area contributed by atoms with Gasteiger partial charge in [0.25, 0.3) is 0 Å². The highest BCUT2D eigenvalue weighted by atomic mass is 16.2. The summed E-state index contributed by atoms with van der Waals surface area (Å²) in [5.74, 6) is 0.147. The van der Waals surface area contributed by atoms with Crippen molar-refractivity contribution in [2.24, 2.45) is 0 Å². The van der Waals surface area contributed by atoms with E-state index < -0.39 is 0 Å². The van der Waals surface area contributed by atoms with Crippen LogP contribution in [0.25, 0.3) is 16.8 Å². The van der Waals surface area contributed by atoms with E-state index >= 15 is 0 Å². The highest BCUT2D eigenvalue weighted by molar-refractivity contribution is 5.97. The summed E-state index contributed by atoms with van der Waals surface area (Å²) in [6.45, 7) is 6.23. The fourth-order valence-corrected chi connectivity index (χ4v) is 3.89. The summed E-state index contributed by atoms with van der Waals surface area (Å²) in [4.78, 5) is 17.2. The van der Waals surface area contributed by atoms with E-state index in [4.69, 9.17) is 0 Å². The lowest BCUT2D eigenvalue weighted by Crippen LogP contribution is -2.48. The molecule has 0 N–H and O–H groups in total. The van der Waals surface area contributed by atoms with Gasteiger partial charge < -0.3 is 4.90 Å². The van der Waals surface area contributed by atoms with Gasteiger partial charge in [-0.15, -0.1) is 0 Å². The topological polar surface area (TPSA) is 23.6 Å². The Hall–Kier alpha value is -2.91. The minimum Gasteiger partial charge on any atom is -0.336 e. The second-order valence-electron chi connectivity index (χ2n) is 7.44. The Morgan fingerprint density at radius 3 is 2.32 bits per heavy atom.